The number of hydrogen-bond acceptors (Lipinski definition) is 2. The third kappa shape index (κ3) is 4.85. The van der Waals surface area contributed by atoms with Crippen LogP contribution < -0.4 is 10.6 Å². The van der Waals surface area contributed by atoms with Crippen LogP contribution in [0.1, 0.15) is 25.3 Å². The lowest BCUT2D eigenvalue weighted by molar-refractivity contribution is -0.141. The van der Waals surface area contributed by atoms with Crippen LogP contribution in [0.3, 0.4) is 0 Å². The summed E-state index contributed by atoms with van der Waals surface area (Å²) in [5.74, 6) is -1.43. The van der Waals surface area contributed by atoms with Gasteiger partial charge in [-0.3, -0.25) is 4.79 Å². The number of amides is 2. The van der Waals surface area contributed by atoms with E-state index in [1.165, 1.54) is 0 Å². The van der Waals surface area contributed by atoms with Crippen LogP contribution in [0.4, 0.5) is 10.5 Å². The maximum Gasteiger partial charge on any atom is 0.319 e. The molecular weight excluding hydrogens is 324 g/mol. The predicted molar refractivity (Wildman–Crippen MR) is 81.9 cm³/mol. The largest absolute Gasteiger partial charge is 0.481 e. The van der Waals surface area contributed by atoms with Gasteiger partial charge in [-0.2, -0.15) is 0 Å². The van der Waals surface area contributed by atoms with E-state index in [0.29, 0.717) is 12.1 Å². The normalized spacial score (nSPS) is 11.8. The molecule has 3 N–H and O–H groups in total. The highest BCUT2D eigenvalue weighted by Gasteiger charge is 2.17. The van der Waals surface area contributed by atoms with E-state index in [1.54, 1.807) is 6.07 Å². The summed E-state index contributed by atoms with van der Waals surface area (Å²) in [6.45, 7) is 3.93. The van der Waals surface area contributed by atoms with Crippen LogP contribution in [-0.2, 0) is 4.79 Å². The lowest BCUT2D eigenvalue weighted by Gasteiger charge is -2.14. The van der Waals surface area contributed by atoms with Crippen molar-refractivity contribution in [2.75, 3.05) is 11.9 Å². The van der Waals surface area contributed by atoms with E-state index in [1.807, 2.05) is 26.0 Å². The number of anilines is 1. The number of carboxylic acid groups (broad SMARTS) is 1. The number of carboxylic acids is 1. The van der Waals surface area contributed by atoms with Crippen LogP contribution in [0.2, 0.25) is 0 Å². The highest BCUT2D eigenvalue weighted by Crippen LogP contribution is 2.23. The molecule has 0 fully saturated rings. The number of carbonyl (C=O) groups is 2. The van der Waals surface area contributed by atoms with E-state index in [-0.39, 0.29) is 6.54 Å². The number of aliphatic carboxylic acids is 1. The van der Waals surface area contributed by atoms with E-state index < -0.39 is 17.9 Å². The Morgan fingerprint density at radius 3 is 2.70 bits per heavy atom. The molecule has 0 aliphatic heterocycles. The fraction of sp³-hybridized carbons (Fsp3) is 0.429. The molecule has 0 saturated heterocycles. The molecule has 0 radical (unpaired) electrons. The Bertz CT molecular complexity index is 491. The molecule has 0 saturated carbocycles. The molecule has 0 aromatic heterocycles. The Labute approximate surface area is 126 Å². The van der Waals surface area contributed by atoms with Crippen molar-refractivity contribution in [1.29, 1.82) is 0 Å². The zero-order valence-electron chi connectivity index (χ0n) is 11.6. The van der Waals surface area contributed by atoms with Gasteiger partial charge in [0, 0.05) is 16.7 Å². The minimum Gasteiger partial charge on any atom is -0.481 e. The molecule has 0 aliphatic rings. The van der Waals surface area contributed by atoms with Crippen LogP contribution in [0.25, 0.3) is 0 Å². The average molecular weight is 343 g/mol. The Morgan fingerprint density at radius 2 is 2.10 bits per heavy atom. The van der Waals surface area contributed by atoms with Crippen molar-refractivity contribution in [2.24, 2.45) is 5.92 Å². The molecule has 0 heterocycles. The van der Waals surface area contributed by atoms with Gasteiger partial charge >= 0.3 is 12.0 Å². The van der Waals surface area contributed by atoms with Crippen LogP contribution in [0.5, 0.6) is 0 Å². The number of nitrogens with one attached hydrogen (secondary N) is 2. The summed E-state index contributed by atoms with van der Waals surface area (Å²) >= 11 is 3.39. The second-order valence-corrected chi connectivity index (χ2v) is 5.43. The van der Waals surface area contributed by atoms with Crippen molar-refractivity contribution >= 4 is 33.6 Å². The zero-order valence-corrected chi connectivity index (χ0v) is 13.2. The van der Waals surface area contributed by atoms with Crippen LogP contribution >= 0.6 is 15.9 Å². The topological polar surface area (TPSA) is 78.4 Å². The maximum absolute atomic E-state index is 11.8. The summed E-state index contributed by atoms with van der Waals surface area (Å²) in [5, 5.41) is 14.3. The van der Waals surface area contributed by atoms with Gasteiger partial charge in [-0.1, -0.05) is 35.3 Å². The van der Waals surface area contributed by atoms with Crippen molar-refractivity contribution in [3.8, 4) is 0 Å². The maximum atomic E-state index is 11.8. The molecular formula is C14H19BrN2O3. The molecule has 20 heavy (non-hydrogen) atoms. The molecule has 1 unspecified atom stereocenters. The third-order valence-electron chi connectivity index (χ3n) is 3.01. The van der Waals surface area contributed by atoms with Crippen LogP contribution in [0.15, 0.2) is 22.7 Å². The molecule has 110 valence electrons. The highest BCUT2D eigenvalue weighted by molar-refractivity contribution is 9.10. The summed E-state index contributed by atoms with van der Waals surface area (Å²) in [6.07, 6.45) is 1.32. The summed E-state index contributed by atoms with van der Waals surface area (Å²) in [6, 6.07) is 5.11. The average Bonchev–Trinajstić information content (AvgIpc) is 2.39. The number of benzene rings is 1. The van der Waals surface area contributed by atoms with Gasteiger partial charge < -0.3 is 15.7 Å². The highest BCUT2D eigenvalue weighted by atomic mass is 79.9. The van der Waals surface area contributed by atoms with Gasteiger partial charge in [-0.15, -0.1) is 0 Å². The van der Waals surface area contributed by atoms with Gasteiger partial charge in [0.1, 0.15) is 0 Å². The van der Waals surface area contributed by atoms with Crippen molar-refractivity contribution in [1.82, 2.24) is 5.32 Å². The summed E-state index contributed by atoms with van der Waals surface area (Å²) in [4.78, 5) is 22.8. The van der Waals surface area contributed by atoms with Crippen molar-refractivity contribution in [2.45, 2.75) is 26.7 Å². The van der Waals surface area contributed by atoms with E-state index in [4.69, 9.17) is 5.11 Å². The standard InChI is InChI=1S/C14H19BrN2O3/c1-3-5-10(13(18)19)8-16-14(20)17-12-7-4-6-11(15)9(12)2/h4,6-7,10H,3,5,8H2,1-2H3,(H,18,19)(H2,16,17,20). The predicted octanol–water partition coefficient (Wildman–Crippen LogP) is 3.38. The molecule has 1 aromatic carbocycles. The molecule has 0 bridgehead atoms. The molecule has 1 rings (SSSR count). The van der Waals surface area contributed by atoms with Crippen LogP contribution in [-0.4, -0.2) is 23.7 Å². The molecule has 0 spiro atoms. The summed E-state index contributed by atoms with van der Waals surface area (Å²) in [5.41, 5.74) is 1.62. The van der Waals surface area contributed by atoms with E-state index in [2.05, 4.69) is 26.6 Å². The molecule has 6 heteroatoms. The minimum absolute atomic E-state index is 0.127. The SMILES string of the molecule is CCCC(CNC(=O)Nc1cccc(Br)c1C)C(=O)O. The number of rotatable bonds is 6. The summed E-state index contributed by atoms with van der Waals surface area (Å²) in [7, 11) is 0. The monoisotopic (exact) mass is 342 g/mol. The molecule has 2 amide bonds. The Hall–Kier alpha value is -1.56. The fourth-order valence-corrected chi connectivity index (χ4v) is 2.15. The van der Waals surface area contributed by atoms with Crippen molar-refractivity contribution < 1.29 is 14.7 Å². The lowest BCUT2D eigenvalue weighted by atomic mass is 10.0. The van der Waals surface area contributed by atoms with E-state index in [9.17, 15) is 9.59 Å². The van der Waals surface area contributed by atoms with E-state index in [0.717, 1.165) is 16.5 Å². The second-order valence-electron chi connectivity index (χ2n) is 4.57. The Morgan fingerprint density at radius 1 is 1.40 bits per heavy atom. The number of urea groups is 1. The molecule has 5 nitrogen and oxygen atoms in total. The van der Waals surface area contributed by atoms with Gasteiger partial charge in [0.15, 0.2) is 0 Å². The summed E-state index contributed by atoms with van der Waals surface area (Å²) < 4.78 is 0.907. The van der Waals surface area contributed by atoms with Gasteiger partial charge in [-0.25, -0.2) is 4.79 Å². The van der Waals surface area contributed by atoms with Crippen LogP contribution in [0, 0.1) is 12.8 Å². The first kappa shape index (κ1) is 16.5. The first-order valence-electron chi connectivity index (χ1n) is 6.48. The lowest BCUT2D eigenvalue weighted by Crippen LogP contribution is -2.35. The molecule has 0 aliphatic carbocycles. The first-order chi connectivity index (χ1) is 9.45. The second kappa shape index (κ2) is 7.89. The van der Waals surface area contributed by atoms with Gasteiger partial charge in [0.25, 0.3) is 0 Å². The minimum atomic E-state index is -0.884. The van der Waals surface area contributed by atoms with Crippen molar-refractivity contribution in [3.63, 3.8) is 0 Å². The third-order valence-corrected chi connectivity index (χ3v) is 3.87. The smallest absolute Gasteiger partial charge is 0.319 e. The van der Waals surface area contributed by atoms with Crippen molar-refractivity contribution in [3.05, 3.63) is 28.2 Å². The fourth-order valence-electron chi connectivity index (χ4n) is 1.79. The van der Waals surface area contributed by atoms with Gasteiger partial charge in [0.05, 0.1) is 5.92 Å². The Balaban J connectivity index is 2.55. The molecule has 1 aromatic rings. The van der Waals surface area contributed by atoms with Gasteiger partial charge in [0.2, 0.25) is 0 Å². The number of hydrogen-bond donors (Lipinski definition) is 3. The quantitative estimate of drug-likeness (QED) is 0.741. The number of halogens is 1. The first-order valence-corrected chi connectivity index (χ1v) is 7.27. The van der Waals surface area contributed by atoms with E-state index >= 15 is 0 Å². The van der Waals surface area contributed by atoms with Gasteiger partial charge in [-0.05, 0) is 31.0 Å². The molecule has 1 atom stereocenters. The Kier molecular flexibility index (Phi) is 6.51. The zero-order chi connectivity index (χ0) is 15.1. The number of carbonyl (C=O) groups excluding carboxylic acids is 1.